The van der Waals surface area contributed by atoms with Gasteiger partial charge in [0.1, 0.15) is 0 Å². The van der Waals surface area contributed by atoms with Crippen molar-refractivity contribution >= 4 is 40.9 Å². The highest BCUT2D eigenvalue weighted by Gasteiger charge is 2.55. The van der Waals surface area contributed by atoms with Gasteiger partial charge in [0.05, 0.1) is 45.4 Å². The molecule has 3 saturated carbocycles. The Morgan fingerprint density at radius 3 is 2.15 bits per heavy atom. The Hall–Kier alpha value is -2.59. The second kappa shape index (κ2) is 10.6. The van der Waals surface area contributed by atoms with Crippen LogP contribution in [0.25, 0.3) is 0 Å². The Morgan fingerprint density at radius 1 is 1.07 bits per heavy atom. The molecule has 0 unspecified atom stereocenters. The zero-order chi connectivity index (χ0) is 29.9. The maximum Gasteiger partial charge on any atom is 0.433 e. The predicted octanol–water partition coefficient (Wildman–Crippen LogP) is 7.38. The number of halogens is 5. The van der Waals surface area contributed by atoms with Crippen LogP contribution in [0, 0.1) is 17.8 Å². The number of carbonyl (C=O) groups excluding carboxylic acids is 2. The SMILES string of the molecule is Cc1cc(Cl)c(C(=O)CN(C(=O)c2cnn(C3CCC(C)(C(=O)O)CC3)c2C(F)(F)F)[C@@H]2CCC23CCC3)c(Cl)c1. The lowest BCUT2D eigenvalue weighted by molar-refractivity contribution is -0.152. The molecule has 222 valence electrons. The van der Waals surface area contributed by atoms with Crippen molar-refractivity contribution in [3.63, 3.8) is 0 Å². The van der Waals surface area contributed by atoms with Gasteiger partial charge in [0.2, 0.25) is 0 Å². The fourth-order valence-electron chi connectivity index (χ4n) is 6.84. The highest BCUT2D eigenvalue weighted by atomic mass is 35.5. The van der Waals surface area contributed by atoms with Crippen LogP contribution in [0.15, 0.2) is 18.3 Å². The van der Waals surface area contributed by atoms with Gasteiger partial charge in [-0.2, -0.15) is 18.3 Å². The van der Waals surface area contributed by atoms with Gasteiger partial charge in [-0.15, -0.1) is 0 Å². The predicted molar refractivity (Wildman–Crippen MR) is 146 cm³/mol. The summed E-state index contributed by atoms with van der Waals surface area (Å²) in [5, 5.41) is 13.8. The second-order valence-electron chi connectivity index (χ2n) is 12.2. The number of hydrogen-bond acceptors (Lipinski definition) is 4. The number of aryl methyl sites for hydroxylation is 1. The number of carboxylic acid groups (broad SMARTS) is 1. The summed E-state index contributed by atoms with van der Waals surface area (Å²) in [5.74, 6) is -2.43. The number of hydrogen-bond donors (Lipinski definition) is 1. The van der Waals surface area contributed by atoms with Crippen LogP contribution in [-0.2, 0) is 11.0 Å². The Balaban J connectivity index is 1.49. The third kappa shape index (κ3) is 5.26. The highest BCUT2D eigenvalue weighted by molar-refractivity contribution is 6.40. The first kappa shape index (κ1) is 29.9. The number of Topliss-reactive ketones (excluding diaryl/α,β-unsaturated/α-hetero) is 1. The lowest BCUT2D eigenvalue weighted by atomic mass is 9.52. The van der Waals surface area contributed by atoms with Crippen molar-refractivity contribution in [3.05, 3.63) is 50.8 Å². The summed E-state index contributed by atoms with van der Waals surface area (Å²) in [7, 11) is 0. The number of carboxylic acids is 1. The summed E-state index contributed by atoms with van der Waals surface area (Å²) in [5.41, 5.74) is -2.22. The number of amides is 1. The summed E-state index contributed by atoms with van der Waals surface area (Å²) in [6, 6.07) is 2.07. The molecule has 0 radical (unpaired) electrons. The van der Waals surface area contributed by atoms with E-state index in [0.29, 0.717) is 6.42 Å². The summed E-state index contributed by atoms with van der Waals surface area (Å²) in [6.07, 6.45) is 0.859. The van der Waals surface area contributed by atoms with Crippen molar-refractivity contribution < 1.29 is 32.7 Å². The van der Waals surface area contributed by atoms with E-state index in [-0.39, 0.29) is 52.7 Å². The van der Waals surface area contributed by atoms with Crippen LogP contribution in [-0.4, -0.2) is 50.0 Å². The zero-order valence-electron chi connectivity index (χ0n) is 22.9. The van der Waals surface area contributed by atoms with Crippen molar-refractivity contribution in [2.75, 3.05) is 6.54 Å². The molecule has 12 heteroatoms. The Kier molecular flexibility index (Phi) is 7.72. The van der Waals surface area contributed by atoms with Crippen LogP contribution >= 0.6 is 23.2 Å². The van der Waals surface area contributed by atoms with E-state index < -0.39 is 53.1 Å². The summed E-state index contributed by atoms with van der Waals surface area (Å²) in [4.78, 5) is 40.5. The van der Waals surface area contributed by atoms with Crippen molar-refractivity contribution in [2.24, 2.45) is 10.8 Å². The Morgan fingerprint density at radius 2 is 1.68 bits per heavy atom. The number of carbonyl (C=O) groups is 3. The molecule has 1 aromatic heterocycles. The van der Waals surface area contributed by atoms with Gasteiger partial charge in [-0.3, -0.25) is 19.1 Å². The molecule has 1 aromatic carbocycles. The van der Waals surface area contributed by atoms with Crippen LogP contribution in [0.5, 0.6) is 0 Å². The number of ketones is 1. The monoisotopic (exact) mass is 613 g/mol. The first-order valence-corrected chi connectivity index (χ1v) is 14.6. The molecule has 3 aliphatic carbocycles. The third-order valence-corrected chi connectivity index (χ3v) is 10.2. The molecule has 7 nitrogen and oxygen atoms in total. The molecule has 1 amide bonds. The van der Waals surface area contributed by atoms with E-state index in [1.807, 2.05) is 0 Å². The zero-order valence-corrected chi connectivity index (χ0v) is 24.4. The molecule has 0 aliphatic heterocycles. The van der Waals surface area contributed by atoms with Crippen molar-refractivity contribution in [2.45, 2.75) is 89.9 Å². The molecule has 5 rings (SSSR count). The molecule has 1 spiro atoms. The molecule has 3 aliphatic rings. The average Bonchev–Trinajstić information content (AvgIpc) is 3.27. The number of aromatic nitrogens is 2. The Bertz CT molecular complexity index is 1370. The van der Waals surface area contributed by atoms with E-state index in [4.69, 9.17) is 23.2 Å². The van der Waals surface area contributed by atoms with Crippen LogP contribution in [0.1, 0.15) is 103 Å². The van der Waals surface area contributed by atoms with Gasteiger partial charge in [0, 0.05) is 6.04 Å². The molecule has 1 N–H and O–H groups in total. The van der Waals surface area contributed by atoms with Crippen molar-refractivity contribution in [3.8, 4) is 0 Å². The van der Waals surface area contributed by atoms with E-state index in [2.05, 4.69) is 5.10 Å². The number of nitrogens with zero attached hydrogens (tertiary/aromatic N) is 3. The molecule has 1 heterocycles. The molecular formula is C29H32Cl2F3N3O4. The standard InChI is InChI=1S/C29H32Cl2F3N3O4/c1-16-12-19(30)23(20(31)13-16)21(38)15-36(22-6-11-28(22)7-3-8-28)25(39)18-14-35-37(24(18)29(32,33)34)17-4-9-27(2,10-5-17)26(40)41/h12-14,17,22H,3-11,15H2,1-2H3,(H,40,41)/t17?,22-,27?/m1/s1. The van der Waals surface area contributed by atoms with Crippen LogP contribution in [0.3, 0.4) is 0 Å². The maximum atomic E-state index is 14.6. The molecular weight excluding hydrogens is 582 g/mol. The lowest BCUT2D eigenvalue weighted by Gasteiger charge is -2.59. The molecule has 0 saturated heterocycles. The topological polar surface area (TPSA) is 92.5 Å². The van der Waals surface area contributed by atoms with Crippen molar-refractivity contribution in [1.29, 1.82) is 0 Å². The van der Waals surface area contributed by atoms with E-state index in [9.17, 15) is 32.7 Å². The molecule has 3 fully saturated rings. The minimum absolute atomic E-state index is 0.0362. The van der Waals surface area contributed by atoms with Gasteiger partial charge in [-0.1, -0.05) is 29.6 Å². The Labute approximate surface area is 246 Å². The number of benzene rings is 1. The molecule has 2 aromatic rings. The minimum atomic E-state index is -4.90. The summed E-state index contributed by atoms with van der Waals surface area (Å²) >= 11 is 12.7. The molecule has 1 atom stereocenters. The fourth-order valence-corrected chi connectivity index (χ4v) is 7.64. The van der Waals surface area contributed by atoms with E-state index in [1.165, 1.54) is 4.90 Å². The minimum Gasteiger partial charge on any atom is -0.481 e. The number of rotatable bonds is 7. The highest BCUT2D eigenvalue weighted by Crippen LogP contribution is 2.58. The largest absolute Gasteiger partial charge is 0.481 e. The second-order valence-corrected chi connectivity index (χ2v) is 13.0. The van der Waals surface area contributed by atoms with Crippen LogP contribution < -0.4 is 0 Å². The molecule has 41 heavy (non-hydrogen) atoms. The van der Waals surface area contributed by atoms with E-state index >= 15 is 0 Å². The lowest BCUT2D eigenvalue weighted by Crippen LogP contribution is -2.61. The van der Waals surface area contributed by atoms with Gasteiger partial charge in [0.25, 0.3) is 5.91 Å². The van der Waals surface area contributed by atoms with Crippen LogP contribution in [0.4, 0.5) is 13.2 Å². The van der Waals surface area contributed by atoms with E-state index in [1.54, 1.807) is 26.0 Å². The van der Waals surface area contributed by atoms with Gasteiger partial charge >= 0.3 is 12.1 Å². The van der Waals surface area contributed by atoms with E-state index in [0.717, 1.165) is 42.1 Å². The first-order valence-electron chi connectivity index (χ1n) is 13.8. The van der Waals surface area contributed by atoms with Crippen molar-refractivity contribution in [1.82, 2.24) is 14.7 Å². The summed E-state index contributed by atoms with van der Waals surface area (Å²) < 4.78 is 44.5. The van der Waals surface area contributed by atoms with Gasteiger partial charge in [-0.05, 0) is 88.3 Å². The normalized spacial score (nSPS) is 25.3. The van der Waals surface area contributed by atoms with Gasteiger partial charge in [-0.25, -0.2) is 0 Å². The number of alkyl halides is 3. The fraction of sp³-hybridized carbons (Fsp3) is 0.586. The first-order chi connectivity index (χ1) is 19.2. The average molecular weight is 614 g/mol. The molecule has 0 bridgehead atoms. The van der Waals surface area contributed by atoms with Gasteiger partial charge in [0.15, 0.2) is 11.5 Å². The van der Waals surface area contributed by atoms with Crippen LogP contribution in [0.2, 0.25) is 10.0 Å². The van der Waals surface area contributed by atoms with Gasteiger partial charge < -0.3 is 10.0 Å². The smallest absolute Gasteiger partial charge is 0.433 e. The quantitative estimate of drug-likeness (QED) is 0.329. The number of aliphatic carboxylic acids is 1. The third-order valence-electron chi connectivity index (χ3n) is 9.60. The summed E-state index contributed by atoms with van der Waals surface area (Å²) in [6.45, 7) is 2.89. The maximum absolute atomic E-state index is 14.6.